The topological polar surface area (TPSA) is 54.7 Å². The molecule has 0 saturated heterocycles. The van der Waals surface area contributed by atoms with Gasteiger partial charge in [-0.15, -0.1) is 0 Å². The summed E-state index contributed by atoms with van der Waals surface area (Å²) in [5.41, 5.74) is 8.72. The third-order valence-corrected chi connectivity index (χ3v) is 3.29. The van der Waals surface area contributed by atoms with E-state index >= 15 is 0 Å². The molecule has 2 aromatic carbocycles. The van der Waals surface area contributed by atoms with Crippen LogP contribution in [0.3, 0.4) is 0 Å². The lowest BCUT2D eigenvalue weighted by atomic mass is 10.2. The van der Waals surface area contributed by atoms with Crippen molar-refractivity contribution >= 4 is 0 Å². The Kier molecular flexibility index (Phi) is 5.92. The van der Waals surface area contributed by atoms with Gasteiger partial charge in [0.15, 0.2) is 0 Å². The summed E-state index contributed by atoms with van der Waals surface area (Å²) in [4.78, 5) is 7.72. The molecule has 3 rings (SSSR count). The molecule has 1 aromatic heterocycles. The average molecular weight is 293 g/mol. The number of nitrogens with zero attached hydrogens (tertiary/aromatic N) is 1. The number of benzene rings is 2. The third kappa shape index (κ3) is 4.57. The first-order valence-corrected chi connectivity index (χ1v) is 7.55. The molecule has 3 heteroatoms. The van der Waals surface area contributed by atoms with Gasteiger partial charge in [0.2, 0.25) is 0 Å². The van der Waals surface area contributed by atoms with Crippen molar-refractivity contribution in [3.63, 3.8) is 0 Å². The van der Waals surface area contributed by atoms with Crippen LogP contribution in [0.4, 0.5) is 0 Å². The Morgan fingerprint density at radius 1 is 0.955 bits per heavy atom. The number of nitrogens with one attached hydrogen (secondary N) is 1. The van der Waals surface area contributed by atoms with Crippen LogP contribution >= 0.6 is 0 Å². The highest BCUT2D eigenvalue weighted by Gasteiger charge is 2.05. The van der Waals surface area contributed by atoms with E-state index in [0.29, 0.717) is 12.5 Å². The first-order chi connectivity index (χ1) is 10.7. The fraction of sp³-hybridized carbons (Fsp3) is 0.211. The summed E-state index contributed by atoms with van der Waals surface area (Å²) < 4.78 is 0. The van der Waals surface area contributed by atoms with E-state index < -0.39 is 0 Å². The summed E-state index contributed by atoms with van der Waals surface area (Å²) in [7, 11) is 0. The van der Waals surface area contributed by atoms with Gasteiger partial charge in [-0.05, 0) is 5.56 Å². The van der Waals surface area contributed by atoms with E-state index in [2.05, 4.69) is 35.9 Å². The fourth-order valence-electron chi connectivity index (χ4n) is 2.00. The molecule has 0 spiro atoms. The van der Waals surface area contributed by atoms with Gasteiger partial charge in [-0.25, -0.2) is 4.98 Å². The first-order valence-electron chi connectivity index (χ1n) is 7.55. The highest BCUT2D eigenvalue weighted by Crippen LogP contribution is 2.18. The second kappa shape index (κ2) is 8.15. The molecular formula is C19H23N3. The summed E-state index contributed by atoms with van der Waals surface area (Å²) in [6, 6.07) is 20.2. The van der Waals surface area contributed by atoms with Gasteiger partial charge in [0.1, 0.15) is 5.82 Å². The number of hydrogen-bond acceptors (Lipinski definition) is 2. The van der Waals surface area contributed by atoms with E-state index in [1.54, 1.807) is 0 Å². The van der Waals surface area contributed by atoms with Crippen LogP contribution in [0.1, 0.15) is 31.2 Å². The van der Waals surface area contributed by atoms with Crippen LogP contribution in [-0.2, 0) is 6.54 Å². The van der Waals surface area contributed by atoms with Gasteiger partial charge >= 0.3 is 0 Å². The summed E-state index contributed by atoms with van der Waals surface area (Å²) in [6.07, 6.45) is 1.96. The van der Waals surface area contributed by atoms with Crippen molar-refractivity contribution in [3.05, 3.63) is 78.2 Å². The Bertz CT molecular complexity index is 657. The molecule has 0 unspecified atom stereocenters. The van der Waals surface area contributed by atoms with E-state index in [0.717, 1.165) is 17.1 Å². The molecule has 0 bridgehead atoms. The van der Waals surface area contributed by atoms with Crippen LogP contribution in [0.2, 0.25) is 0 Å². The quantitative estimate of drug-likeness (QED) is 0.754. The van der Waals surface area contributed by atoms with Crippen LogP contribution in [-0.4, -0.2) is 9.97 Å². The van der Waals surface area contributed by atoms with Crippen molar-refractivity contribution in [2.75, 3.05) is 0 Å². The van der Waals surface area contributed by atoms with Gasteiger partial charge in [-0.1, -0.05) is 74.5 Å². The predicted octanol–water partition coefficient (Wildman–Crippen LogP) is 4.35. The van der Waals surface area contributed by atoms with Crippen molar-refractivity contribution in [3.8, 4) is 11.3 Å². The standard InChI is InChI=1S/C12H14N2.C7H9N/c1-9(2)12-13-8-11(14-12)10-6-4-3-5-7-10;8-6-7-4-2-1-3-5-7/h3-9H,1-2H3,(H,13,14);1-5H,6,8H2. The normalized spacial score (nSPS) is 10.2. The minimum Gasteiger partial charge on any atom is -0.348 e. The maximum Gasteiger partial charge on any atom is 0.109 e. The van der Waals surface area contributed by atoms with E-state index in [4.69, 9.17) is 5.73 Å². The minimum absolute atomic E-state index is 0.451. The van der Waals surface area contributed by atoms with Gasteiger partial charge in [-0.3, -0.25) is 0 Å². The van der Waals surface area contributed by atoms with Crippen LogP contribution in [0, 0.1) is 0 Å². The van der Waals surface area contributed by atoms with Gasteiger partial charge in [0.05, 0.1) is 5.69 Å². The summed E-state index contributed by atoms with van der Waals surface area (Å²) in [5.74, 6) is 1.50. The highest BCUT2D eigenvalue weighted by atomic mass is 14.9. The molecule has 22 heavy (non-hydrogen) atoms. The molecule has 3 aromatic rings. The molecule has 0 aliphatic carbocycles. The van der Waals surface area contributed by atoms with E-state index in [1.165, 1.54) is 5.56 Å². The zero-order chi connectivity index (χ0) is 15.8. The molecule has 3 nitrogen and oxygen atoms in total. The number of hydrogen-bond donors (Lipinski definition) is 2. The number of aromatic nitrogens is 2. The lowest BCUT2D eigenvalue weighted by Crippen LogP contribution is -1.94. The summed E-state index contributed by atoms with van der Waals surface area (Å²) in [5, 5.41) is 0. The van der Waals surface area contributed by atoms with E-state index in [9.17, 15) is 0 Å². The summed E-state index contributed by atoms with van der Waals surface area (Å²) >= 11 is 0. The monoisotopic (exact) mass is 293 g/mol. The molecule has 0 saturated carbocycles. The van der Waals surface area contributed by atoms with Crippen LogP contribution in [0.15, 0.2) is 66.9 Å². The van der Waals surface area contributed by atoms with Crippen LogP contribution < -0.4 is 5.73 Å². The Morgan fingerprint density at radius 2 is 1.55 bits per heavy atom. The second-order valence-electron chi connectivity index (χ2n) is 5.38. The Morgan fingerprint density at radius 3 is 2.00 bits per heavy atom. The molecule has 0 aliphatic heterocycles. The van der Waals surface area contributed by atoms with Crippen LogP contribution in [0.25, 0.3) is 11.3 Å². The smallest absolute Gasteiger partial charge is 0.109 e. The predicted molar refractivity (Wildman–Crippen MR) is 92.4 cm³/mol. The second-order valence-corrected chi connectivity index (χ2v) is 5.38. The molecule has 114 valence electrons. The number of aromatic amines is 1. The van der Waals surface area contributed by atoms with Crippen molar-refractivity contribution < 1.29 is 0 Å². The molecule has 3 N–H and O–H groups in total. The Balaban J connectivity index is 0.000000188. The minimum atomic E-state index is 0.451. The van der Waals surface area contributed by atoms with Gasteiger partial charge in [0.25, 0.3) is 0 Å². The molecule has 0 amide bonds. The Hall–Kier alpha value is -2.39. The molecule has 0 atom stereocenters. The lowest BCUT2D eigenvalue weighted by Gasteiger charge is -1.97. The van der Waals surface area contributed by atoms with E-state index in [1.807, 2.05) is 54.7 Å². The van der Waals surface area contributed by atoms with Gasteiger partial charge < -0.3 is 10.7 Å². The zero-order valence-electron chi connectivity index (χ0n) is 13.2. The molecule has 1 heterocycles. The van der Waals surface area contributed by atoms with Crippen molar-refractivity contribution in [2.45, 2.75) is 26.3 Å². The molecule has 0 fully saturated rings. The number of H-pyrrole nitrogens is 1. The van der Waals surface area contributed by atoms with Crippen molar-refractivity contribution in [1.29, 1.82) is 0 Å². The number of rotatable bonds is 3. The SMILES string of the molecule is CC(C)c1nc(-c2ccccc2)c[nH]1.NCc1ccccc1. The first kappa shape index (κ1) is 16.0. The molecule has 0 radical (unpaired) electrons. The average Bonchev–Trinajstić information content (AvgIpc) is 3.07. The molecule has 0 aliphatic rings. The third-order valence-electron chi connectivity index (χ3n) is 3.29. The van der Waals surface area contributed by atoms with Crippen molar-refractivity contribution in [2.24, 2.45) is 5.73 Å². The van der Waals surface area contributed by atoms with Crippen molar-refractivity contribution in [1.82, 2.24) is 9.97 Å². The number of imidazole rings is 1. The maximum absolute atomic E-state index is 5.35. The maximum atomic E-state index is 5.35. The largest absolute Gasteiger partial charge is 0.348 e. The highest BCUT2D eigenvalue weighted by molar-refractivity contribution is 5.58. The number of nitrogens with two attached hydrogens (primary N) is 1. The van der Waals surface area contributed by atoms with Crippen LogP contribution in [0.5, 0.6) is 0 Å². The fourth-order valence-corrected chi connectivity index (χ4v) is 2.00. The summed E-state index contributed by atoms with van der Waals surface area (Å²) in [6.45, 7) is 4.90. The van der Waals surface area contributed by atoms with E-state index in [-0.39, 0.29) is 0 Å². The zero-order valence-corrected chi connectivity index (χ0v) is 13.2. The molecular weight excluding hydrogens is 270 g/mol. The Labute approximate surface area is 132 Å². The van der Waals surface area contributed by atoms with Gasteiger partial charge in [0, 0.05) is 24.2 Å². The lowest BCUT2D eigenvalue weighted by molar-refractivity contribution is 0.795. The van der Waals surface area contributed by atoms with Gasteiger partial charge in [-0.2, -0.15) is 0 Å².